The van der Waals surface area contributed by atoms with Gasteiger partial charge in [0, 0.05) is 78.4 Å². The van der Waals surface area contributed by atoms with Gasteiger partial charge in [-0.05, 0) is 60.9 Å². The van der Waals surface area contributed by atoms with E-state index < -0.39 is 57.0 Å². The second-order valence-electron chi connectivity index (χ2n) is 14.9. The van der Waals surface area contributed by atoms with E-state index in [0.29, 0.717) is 24.9 Å². The molecule has 264 valence electrons. The van der Waals surface area contributed by atoms with Crippen LogP contribution in [0.2, 0.25) is 0 Å². The fourth-order valence-electron chi connectivity index (χ4n) is 8.66. The summed E-state index contributed by atoms with van der Waals surface area (Å²) in [4.78, 5) is 13.3. The first kappa shape index (κ1) is 32.1. The van der Waals surface area contributed by atoms with Crippen molar-refractivity contribution in [1.82, 2.24) is 20.2 Å². The van der Waals surface area contributed by atoms with Gasteiger partial charge in [0.05, 0.1) is 25.4 Å². The minimum atomic E-state index is -5.13. The normalized spacial score (nSPS) is 25.9. The second-order valence-corrected chi connectivity index (χ2v) is 14.9. The van der Waals surface area contributed by atoms with E-state index in [1.54, 1.807) is 0 Å². The predicted octanol–water partition coefficient (Wildman–Crippen LogP) is 6.27. The number of alkyl halides is 3. The van der Waals surface area contributed by atoms with Crippen LogP contribution in [0.25, 0.3) is 32.8 Å². The van der Waals surface area contributed by atoms with Crippen LogP contribution in [0.5, 0.6) is 11.8 Å². The summed E-state index contributed by atoms with van der Waals surface area (Å²) in [6.07, 6.45) is -1.49. The number of aromatic nitrogens is 2. The number of hydrogen-bond acceptors (Lipinski definition) is 8. The van der Waals surface area contributed by atoms with E-state index in [4.69, 9.17) is 9.47 Å². The van der Waals surface area contributed by atoms with Crippen LogP contribution in [-0.2, 0) is 10.9 Å². The molecule has 0 spiro atoms. The monoisotopic (exact) mass is 699 g/mol. The number of halogens is 6. The summed E-state index contributed by atoms with van der Waals surface area (Å²) in [6.45, 7) is 5.42. The Balaban J connectivity index is 1.17. The SMILES string of the molecule is Oc1cc(-c2c(C(F)(F)F)cc3c(N4CC5CCC(C4)N5)nc(OCC4(CN5C[C@H]6COC[C@H]6C5)CC4)nc3c2F)c2c(F)c(F)ccc2c1. The number of aromatic hydroxyl groups is 1. The quantitative estimate of drug-likeness (QED) is 0.219. The van der Waals surface area contributed by atoms with E-state index in [9.17, 15) is 22.7 Å². The van der Waals surface area contributed by atoms with Crippen LogP contribution in [0.3, 0.4) is 0 Å². The smallest absolute Gasteiger partial charge is 0.417 e. The molecule has 4 aromatic rings. The minimum absolute atomic E-state index is 0.0889. The molecule has 4 atom stereocenters. The number of hydrogen-bond donors (Lipinski definition) is 2. The predicted molar refractivity (Wildman–Crippen MR) is 173 cm³/mol. The van der Waals surface area contributed by atoms with Gasteiger partial charge in [0.2, 0.25) is 0 Å². The Bertz CT molecular complexity index is 2000. The second kappa shape index (κ2) is 11.6. The lowest BCUT2D eigenvalue weighted by atomic mass is 9.91. The number of phenols is 1. The van der Waals surface area contributed by atoms with Crippen molar-refractivity contribution in [2.24, 2.45) is 17.3 Å². The standard InChI is InChI=1S/C36H35F6N5O3/c37-27-4-1-18-7-23(48)8-24(28(18)30(27)38)29-26(36(40,41)42)9-25-32(31(29)39)44-34(45-33(25)47-12-21-2-3-22(13-47)43-21)50-17-35(5-6-35)16-46-10-19-14-49-15-20(19)11-46/h1,4,7-9,19-22,43,48H,2-3,5-6,10-17H2/t19-,20+,21?,22?. The first-order chi connectivity index (χ1) is 23.9. The molecule has 3 aromatic carbocycles. The molecule has 1 aromatic heterocycles. The third-order valence-electron chi connectivity index (χ3n) is 11.3. The Morgan fingerprint density at radius 1 is 0.940 bits per heavy atom. The Hall–Kier alpha value is -3.88. The van der Waals surface area contributed by atoms with Crippen molar-refractivity contribution < 1.29 is 40.9 Å². The Morgan fingerprint density at radius 2 is 1.66 bits per heavy atom. The molecular weight excluding hydrogens is 664 g/mol. The third kappa shape index (κ3) is 5.50. The summed E-state index contributed by atoms with van der Waals surface area (Å²) in [5.41, 5.74) is -3.70. The van der Waals surface area contributed by atoms with Crippen LogP contribution < -0.4 is 15.0 Å². The lowest BCUT2D eigenvalue weighted by molar-refractivity contribution is -0.137. The minimum Gasteiger partial charge on any atom is -0.508 e. The zero-order valence-corrected chi connectivity index (χ0v) is 27.0. The highest BCUT2D eigenvalue weighted by atomic mass is 19.4. The van der Waals surface area contributed by atoms with Crippen molar-refractivity contribution in [3.8, 4) is 22.9 Å². The first-order valence-electron chi connectivity index (χ1n) is 17.1. The largest absolute Gasteiger partial charge is 0.508 e. The summed E-state index contributed by atoms with van der Waals surface area (Å²) in [7, 11) is 0. The van der Waals surface area contributed by atoms with Gasteiger partial charge >= 0.3 is 12.2 Å². The van der Waals surface area contributed by atoms with Gasteiger partial charge in [-0.25, -0.2) is 13.2 Å². The van der Waals surface area contributed by atoms with Crippen molar-refractivity contribution in [3.05, 3.63) is 53.3 Å². The molecule has 5 fully saturated rings. The van der Waals surface area contributed by atoms with Gasteiger partial charge in [0.15, 0.2) is 17.5 Å². The number of nitrogens with zero attached hydrogens (tertiary/aromatic N) is 4. The highest BCUT2D eigenvalue weighted by molar-refractivity contribution is 6.03. The van der Waals surface area contributed by atoms with Crippen molar-refractivity contribution >= 4 is 27.5 Å². The zero-order valence-electron chi connectivity index (χ0n) is 27.0. The van der Waals surface area contributed by atoms with Gasteiger partial charge in [-0.1, -0.05) is 6.07 Å². The number of anilines is 1. The Morgan fingerprint density at radius 3 is 2.34 bits per heavy atom. The Kier molecular flexibility index (Phi) is 7.42. The maximum atomic E-state index is 17.0. The van der Waals surface area contributed by atoms with Crippen molar-refractivity contribution in [2.75, 3.05) is 57.4 Å². The molecule has 0 radical (unpaired) electrons. The van der Waals surface area contributed by atoms with Gasteiger partial charge in [-0.15, -0.1) is 0 Å². The molecule has 1 saturated carbocycles. The van der Waals surface area contributed by atoms with E-state index in [0.717, 1.165) is 88.9 Å². The number of nitrogens with one attached hydrogen (secondary N) is 1. The van der Waals surface area contributed by atoms with E-state index in [1.165, 1.54) is 0 Å². The average Bonchev–Trinajstić information content (AvgIpc) is 3.31. The van der Waals surface area contributed by atoms with Gasteiger partial charge < -0.3 is 29.7 Å². The van der Waals surface area contributed by atoms with E-state index in [2.05, 4.69) is 20.2 Å². The lowest BCUT2D eigenvalue weighted by Crippen LogP contribution is -2.51. The van der Waals surface area contributed by atoms with Crippen molar-refractivity contribution in [2.45, 2.75) is 43.9 Å². The molecular formula is C36H35F6N5O3. The maximum Gasteiger partial charge on any atom is 0.417 e. The number of rotatable bonds is 7. The van der Waals surface area contributed by atoms with Crippen LogP contribution in [0.15, 0.2) is 30.3 Å². The molecule has 2 bridgehead atoms. The fourth-order valence-corrected chi connectivity index (χ4v) is 8.66. The number of piperazine rings is 1. The molecule has 1 aliphatic carbocycles. The molecule has 5 aliphatic rings. The van der Waals surface area contributed by atoms with Crippen LogP contribution in [-0.4, -0.2) is 84.6 Å². The summed E-state index contributed by atoms with van der Waals surface area (Å²) >= 11 is 0. The summed E-state index contributed by atoms with van der Waals surface area (Å²) in [5, 5.41) is 13.1. The highest BCUT2D eigenvalue weighted by Gasteiger charge is 2.48. The fraction of sp³-hybridized carbons (Fsp3) is 0.500. The van der Waals surface area contributed by atoms with E-state index in [1.807, 2.05) is 4.90 Å². The maximum absolute atomic E-state index is 17.0. The first-order valence-corrected chi connectivity index (χ1v) is 17.1. The zero-order chi connectivity index (χ0) is 34.5. The number of likely N-dealkylation sites (tertiary alicyclic amines) is 1. The van der Waals surface area contributed by atoms with Crippen LogP contribution in [0, 0.1) is 34.7 Å². The van der Waals surface area contributed by atoms with Gasteiger partial charge in [0.1, 0.15) is 17.1 Å². The average molecular weight is 700 g/mol. The van der Waals surface area contributed by atoms with Crippen molar-refractivity contribution in [1.29, 1.82) is 0 Å². The molecule has 8 nitrogen and oxygen atoms in total. The van der Waals surface area contributed by atoms with Gasteiger partial charge in [0.25, 0.3) is 0 Å². The summed E-state index contributed by atoms with van der Waals surface area (Å²) in [5.74, 6) is -3.55. The molecule has 9 rings (SSSR count). The van der Waals surface area contributed by atoms with Crippen LogP contribution in [0.4, 0.5) is 32.2 Å². The van der Waals surface area contributed by atoms with Crippen molar-refractivity contribution in [3.63, 3.8) is 0 Å². The molecule has 50 heavy (non-hydrogen) atoms. The van der Waals surface area contributed by atoms with Gasteiger partial charge in [-0.3, -0.25) is 0 Å². The molecule has 0 amide bonds. The molecule has 5 heterocycles. The number of phenolic OH excluding ortho intramolecular Hbond substituents is 1. The highest BCUT2D eigenvalue weighted by Crippen LogP contribution is 2.49. The molecule has 14 heteroatoms. The number of ether oxygens (including phenoxy) is 2. The lowest BCUT2D eigenvalue weighted by Gasteiger charge is -2.34. The Labute approximate surface area is 283 Å². The molecule has 4 saturated heterocycles. The topological polar surface area (TPSA) is 83.0 Å². The molecule has 2 N–H and O–H groups in total. The van der Waals surface area contributed by atoms with E-state index >= 15 is 8.78 Å². The number of fused-ring (bicyclic) bond motifs is 5. The summed E-state index contributed by atoms with van der Waals surface area (Å²) < 4.78 is 103. The molecule has 2 unspecified atom stereocenters. The van der Waals surface area contributed by atoms with Crippen LogP contribution >= 0.6 is 0 Å². The third-order valence-corrected chi connectivity index (χ3v) is 11.3. The number of benzene rings is 3. The summed E-state index contributed by atoms with van der Waals surface area (Å²) in [6, 6.07) is 4.59. The van der Waals surface area contributed by atoms with E-state index in [-0.39, 0.29) is 46.7 Å². The molecule has 4 aliphatic heterocycles. The van der Waals surface area contributed by atoms with Gasteiger partial charge in [-0.2, -0.15) is 23.1 Å². The van der Waals surface area contributed by atoms with Crippen LogP contribution in [0.1, 0.15) is 31.2 Å².